The molecule has 0 saturated heterocycles. The molecule has 0 heterocycles. The maximum atomic E-state index is 11.8. The Balaban J connectivity index is 2.56. The van der Waals surface area contributed by atoms with E-state index in [-0.39, 0.29) is 22.4 Å². The number of ketones is 2. The minimum atomic E-state index is -0.720. The maximum absolute atomic E-state index is 11.8. The SMILES string of the molecule is CC1(C)C(=O)C2(C)CC2(C)C1=O. The van der Waals surface area contributed by atoms with Crippen molar-refractivity contribution in [3.63, 3.8) is 0 Å². The molecule has 2 heteroatoms. The van der Waals surface area contributed by atoms with Crippen LogP contribution in [0.4, 0.5) is 0 Å². The van der Waals surface area contributed by atoms with Gasteiger partial charge in [0.25, 0.3) is 0 Å². The number of carbonyl (C=O) groups excluding carboxylic acids is 2. The van der Waals surface area contributed by atoms with Gasteiger partial charge in [-0.1, -0.05) is 13.8 Å². The fraction of sp³-hybridized carbons (Fsp3) is 0.800. The highest BCUT2D eigenvalue weighted by Crippen LogP contribution is 2.73. The van der Waals surface area contributed by atoms with E-state index in [1.807, 2.05) is 13.8 Å². The zero-order valence-corrected chi connectivity index (χ0v) is 8.02. The maximum Gasteiger partial charge on any atom is 0.152 e. The van der Waals surface area contributed by atoms with Gasteiger partial charge in [0.2, 0.25) is 0 Å². The summed E-state index contributed by atoms with van der Waals surface area (Å²) in [6.07, 6.45) is 0.765. The molecule has 2 aliphatic rings. The van der Waals surface area contributed by atoms with E-state index in [1.54, 1.807) is 13.8 Å². The van der Waals surface area contributed by atoms with Crippen LogP contribution >= 0.6 is 0 Å². The molecule has 2 unspecified atom stereocenters. The molecule has 2 nitrogen and oxygen atoms in total. The van der Waals surface area contributed by atoms with Crippen LogP contribution in [0.1, 0.15) is 34.1 Å². The van der Waals surface area contributed by atoms with E-state index in [0.717, 1.165) is 6.42 Å². The Morgan fingerprint density at radius 2 is 1.25 bits per heavy atom. The van der Waals surface area contributed by atoms with E-state index >= 15 is 0 Å². The minimum absolute atomic E-state index is 0.141. The van der Waals surface area contributed by atoms with Crippen molar-refractivity contribution in [2.24, 2.45) is 16.2 Å². The van der Waals surface area contributed by atoms with E-state index < -0.39 is 5.41 Å². The number of rotatable bonds is 0. The van der Waals surface area contributed by atoms with E-state index in [9.17, 15) is 9.59 Å². The molecule has 0 aromatic rings. The second-order valence-corrected chi connectivity index (χ2v) is 5.12. The van der Waals surface area contributed by atoms with Crippen molar-refractivity contribution in [1.82, 2.24) is 0 Å². The normalized spacial score (nSPS) is 49.3. The molecule has 0 amide bonds. The van der Waals surface area contributed by atoms with Crippen LogP contribution in [0.5, 0.6) is 0 Å². The average Bonchev–Trinajstić information content (AvgIpc) is 2.50. The average molecular weight is 166 g/mol. The summed E-state index contributed by atoms with van der Waals surface area (Å²) in [5.41, 5.74) is -1.37. The molecule has 2 aliphatic carbocycles. The number of hydrogen-bond donors (Lipinski definition) is 0. The van der Waals surface area contributed by atoms with Crippen molar-refractivity contribution in [1.29, 1.82) is 0 Å². The first-order valence-corrected chi connectivity index (χ1v) is 4.37. The van der Waals surface area contributed by atoms with Gasteiger partial charge in [0.1, 0.15) is 0 Å². The smallest absolute Gasteiger partial charge is 0.152 e. The van der Waals surface area contributed by atoms with Gasteiger partial charge >= 0.3 is 0 Å². The summed E-state index contributed by atoms with van der Waals surface area (Å²) in [5, 5.41) is 0. The third-order valence-electron chi connectivity index (χ3n) is 3.94. The van der Waals surface area contributed by atoms with E-state index in [1.165, 1.54) is 0 Å². The first-order chi connectivity index (χ1) is 5.27. The molecule has 0 spiro atoms. The van der Waals surface area contributed by atoms with E-state index in [4.69, 9.17) is 0 Å². The van der Waals surface area contributed by atoms with Crippen molar-refractivity contribution in [2.45, 2.75) is 34.1 Å². The zero-order chi connectivity index (χ0) is 9.36. The molecular weight excluding hydrogens is 152 g/mol. The quantitative estimate of drug-likeness (QED) is 0.512. The molecular formula is C10H14O2. The van der Waals surface area contributed by atoms with Crippen LogP contribution in [0.3, 0.4) is 0 Å². The third kappa shape index (κ3) is 0.492. The Morgan fingerprint density at radius 1 is 0.917 bits per heavy atom. The first-order valence-electron chi connectivity index (χ1n) is 4.37. The summed E-state index contributed by atoms with van der Waals surface area (Å²) in [6, 6.07) is 0. The Labute approximate surface area is 72.3 Å². The fourth-order valence-electron chi connectivity index (χ4n) is 2.81. The van der Waals surface area contributed by atoms with Crippen molar-refractivity contribution < 1.29 is 9.59 Å². The molecule has 0 aliphatic heterocycles. The summed E-state index contributed by atoms with van der Waals surface area (Å²) in [6.45, 7) is 7.34. The van der Waals surface area contributed by atoms with Gasteiger partial charge in [-0.2, -0.15) is 0 Å². The van der Waals surface area contributed by atoms with Crippen LogP contribution in [0.25, 0.3) is 0 Å². The molecule has 0 bridgehead atoms. The number of Topliss-reactive ketones (excluding diaryl/α,β-unsaturated/α-hetero) is 2. The summed E-state index contributed by atoms with van der Waals surface area (Å²) in [5.74, 6) is 0.282. The Kier molecular flexibility index (Phi) is 1.01. The van der Waals surface area contributed by atoms with Crippen LogP contribution in [0, 0.1) is 16.2 Å². The molecule has 12 heavy (non-hydrogen) atoms. The summed E-state index contributed by atoms with van der Waals surface area (Å²) < 4.78 is 0. The number of fused-ring (bicyclic) bond motifs is 1. The largest absolute Gasteiger partial charge is 0.298 e. The van der Waals surface area contributed by atoms with Crippen LogP contribution in [-0.4, -0.2) is 11.6 Å². The van der Waals surface area contributed by atoms with Crippen molar-refractivity contribution in [2.75, 3.05) is 0 Å². The molecule has 0 radical (unpaired) electrons. The van der Waals surface area contributed by atoms with Gasteiger partial charge in [-0.3, -0.25) is 9.59 Å². The number of carbonyl (C=O) groups is 2. The summed E-state index contributed by atoms with van der Waals surface area (Å²) >= 11 is 0. The lowest BCUT2D eigenvalue weighted by Crippen LogP contribution is -2.31. The van der Waals surface area contributed by atoms with Crippen LogP contribution in [-0.2, 0) is 9.59 Å². The fourth-order valence-corrected chi connectivity index (χ4v) is 2.81. The van der Waals surface area contributed by atoms with Gasteiger partial charge in [0, 0.05) is 10.8 Å². The van der Waals surface area contributed by atoms with Crippen molar-refractivity contribution >= 4 is 11.6 Å². The summed E-state index contributed by atoms with van der Waals surface area (Å²) in [7, 11) is 0. The van der Waals surface area contributed by atoms with Gasteiger partial charge in [0.15, 0.2) is 11.6 Å². The molecule has 66 valence electrons. The van der Waals surface area contributed by atoms with Gasteiger partial charge in [-0.25, -0.2) is 0 Å². The van der Waals surface area contributed by atoms with Crippen LogP contribution < -0.4 is 0 Å². The lowest BCUT2D eigenvalue weighted by Gasteiger charge is -2.18. The second kappa shape index (κ2) is 1.52. The predicted molar refractivity (Wildman–Crippen MR) is 44.6 cm³/mol. The van der Waals surface area contributed by atoms with Crippen molar-refractivity contribution in [3.8, 4) is 0 Å². The van der Waals surface area contributed by atoms with Crippen molar-refractivity contribution in [3.05, 3.63) is 0 Å². The lowest BCUT2D eigenvalue weighted by molar-refractivity contribution is -0.137. The standard InChI is InChI=1S/C10H14O2/c1-8(2)6(11)9(3)5-10(9,4)7(8)12/h5H2,1-4H3. The minimum Gasteiger partial charge on any atom is -0.298 e. The highest BCUT2D eigenvalue weighted by atomic mass is 16.2. The molecule has 2 fully saturated rings. The van der Waals surface area contributed by atoms with Gasteiger partial charge < -0.3 is 0 Å². The van der Waals surface area contributed by atoms with Gasteiger partial charge in [-0.05, 0) is 20.3 Å². The van der Waals surface area contributed by atoms with Crippen LogP contribution in [0.15, 0.2) is 0 Å². The predicted octanol–water partition coefficient (Wildman–Crippen LogP) is 1.58. The van der Waals surface area contributed by atoms with E-state index in [0.29, 0.717) is 0 Å². The molecule has 0 aromatic heterocycles. The molecule has 2 rings (SSSR count). The second-order valence-electron chi connectivity index (χ2n) is 5.12. The molecule has 0 aromatic carbocycles. The first kappa shape index (κ1) is 7.96. The van der Waals surface area contributed by atoms with Gasteiger partial charge in [-0.15, -0.1) is 0 Å². The van der Waals surface area contributed by atoms with Crippen LogP contribution in [0.2, 0.25) is 0 Å². The lowest BCUT2D eigenvalue weighted by atomic mass is 9.82. The highest BCUT2D eigenvalue weighted by Gasteiger charge is 2.79. The molecule has 2 saturated carbocycles. The highest BCUT2D eigenvalue weighted by molar-refractivity contribution is 6.22. The third-order valence-corrected chi connectivity index (χ3v) is 3.94. The Morgan fingerprint density at radius 3 is 1.42 bits per heavy atom. The Bertz CT molecular complexity index is 275. The van der Waals surface area contributed by atoms with E-state index in [2.05, 4.69) is 0 Å². The zero-order valence-electron chi connectivity index (χ0n) is 8.02. The monoisotopic (exact) mass is 166 g/mol. The Hall–Kier alpha value is -0.660. The van der Waals surface area contributed by atoms with Gasteiger partial charge in [0.05, 0.1) is 5.41 Å². The molecule has 2 atom stereocenters. The topological polar surface area (TPSA) is 34.1 Å². The number of hydrogen-bond acceptors (Lipinski definition) is 2. The summed E-state index contributed by atoms with van der Waals surface area (Å²) in [4.78, 5) is 23.6. The molecule has 0 N–H and O–H groups in total.